The molecule has 45 heavy (non-hydrogen) atoms. The summed E-state index contributed by atoms with van der Waals surface area (Å²) < 4.78 is 89.7. The fourth-order valence-corrected chi connectivity index (χ4v) is 4.44. The van der Waals surface area contributed by atoms with Crippen molar-refractivity contribution >= 4 is 11.4 Å². The predicted octanol–water partition coefficient (Wildman–Crippen LogP) is 9.33. The molecule has 0 amide bonds. The van der Waals surface area contributed by atoms with Crippen LogP contribution in [0.4, 0.5) is 13.2 Å². The van der Waals surface area contributed by atoms with Crippen molar-refractivity contribution in [2.75, 3.05) is 0 Å². The summed E-state index contributed by atoms with van der Waals surface area (Å²) in [5.74, 6) is -0.924. The van der Waals surface area contributed by atoms with Gasteiger partial charge in [0.05, 0.1) is 5.82 Å². The van der Waals surface area contributed by atoms with Crippen molar-refractivity contribution in [1.82, 2.24) is 19.5 Å². The largest absolute Gasteiger partial charge is 0.469 e. The number of pyridine rings is 1. The summed E-state index contributed by atoms with van der Waals surface area (Å²) in [5, 5.41) is 0. The van der Waals surface area contributed by atoms with E-state index < -0.39 is 25.8 Å². The minimum absolute atomic E-state index is 0. The molecule has 0 saturated carbocycles. The molecule has 0 aliphatic carbocycles. The number of fused-ring (bicyclic) bond motifs is 1. The second kappa shape index (κ2) is 13.4. The second-order valence-corrected chi connectivity index (χ2v) is 9.53. The minimum atomic E-state index is -4.70. The van der Waals surface area contributed by atoms with Crippen LogP contribution in [0.5, 0.6) is 0 Å². The number of alkyl halides is 3. The van der Waals surface area contributed by atoms with E-state index in [2.05, 4.69) is 27.1 Å². The number of imidazole rings is 1. The first-order valence-corrected chi connectivity index (χ1v) is 13.3. The SMILES string of the molecule is FC(F)(F)c1nc2nc(-c3[c-]cccc3)n(-c3cccc(-c4ccccc4)c3)c2o1.[2H]C([2H])([2H])c1c[c-]c(-c2ccc(C([2H])([2H])[2H])cn2)cc1.[Ir]. The average molecular weight is 785 g/mol. The van der Waals surface area contributed by atoms with Gasteiger partial charge in [0.2, 0.25) is 11.4 Å². The molecule has 3 heterocycles. The Morgan fingerprint density at radius 1 is 0.778 bits per heavy atom. The molecule has 7 aromatic rings. The summed E-state index contributed by atoms with van der Waals surface area (Å²) in [6.07, 6.45) is -3.40. The van der Waals surface area contributed by atoms with Gasteiger partial charge in [-0.25, -0.2) is 0 Å². The standard InChI is InChI=1S/C23H13F3N3O.C13H12N.Ir/c24-23(25,26)22-28-19-21(30-22)29(20(27-19)16-10-5-2-6-11-16)18-13-7-12-17(14-18)15-8-3-1-4-9-15;1-10-3-6-12(7-4-10)13-8-5-11(2)9-14-13;/h1-10,12-14H;3-6,8-9H,1-2H3;/q2*-1;/i;1D3,2D3;. The third kappa shape index (κ3) is 7.11. The fraction of sp³-hybridized carbons (Fsp3) is 0.0833. The van der Waals surface area contributed by atoms with E-state index in [1.165, 1.54) is 29.0 Å². The minimum Gasteiger partial charge on any atom is -0.414 e. The number of oxazole rings is 1. The number of aromatic nitrogens is 4. The van der Waals surface area contributed by atoms with Crippen molar-refractivity contribution < 1.29 is 45.9 Å². The zero-order chi connectivity index (χ0) is 35.7. The van der Waals surface area contributed by atoms with E-state index in [0.29, 0.717) is 28.3 Å². The van der Waals surface area contributed by atoms with Crippen molar-refractivity contribution in [3.05, 3.63) is 145 Å². The molecule has 0 aliphatic rings. The van der Waals surface area contributed by atoms with Gasteiger partial charge in [-0.1, -0.05) is 61.4 Å². The monoisotopic (exact) mass is 785 g/mol. The number of hydrogen-bond donors (Lipinski definition) is 0. The molecule has 5 nitrogen and oxygen atoms in total. The van der Waals surface area contributed by atoms with Gasteiger partial charge in [-0.05, 0) is 41.4 Å². The Balaban J connectivity index is 0.000000211. The van der Waals surface area contributed by atoms with Crippen molar-refractivity contribution in [1.29, 1.82) is 0 Å². The maximum absolute atomic E-state index is 13.1. The Hall–Kier alpha value is -4.85. The number of halogens is 3. The van der Waals surface area contributed by atoms with Crippen LogP contribution in [0.15, 0.2) is 120 Å². The van der Waals surface area contributed by atoms with Gasteiger partial charge in [-0.2, -0.15) is 18.2 Å². The molecule has 0 N–H and O–H groups in total. The first-order valence-electron chi connectivity index (χ1n) is 16.3. The molecular weight excluding hydrogens is 754 g/mol. The molecule has 9 heteroatoms. The molecule has 4 aromatic carbocycles. The van der Waals surface area contributed by atoms with Gasteiger partial charge in [0, 0.05) is 40.2 Å². The van der Waals surface area contributed by atoms with Crippen LogP contribution in [-0.2, 0) is 26.3 Å². The maximum atomic E-state index is 13.1. The van der Waals surface area contributed by atoms with Crippen LogP contribution in [-0.4, -0.2) is 19.5 Å². The number of benzene rings is 4. The van der Waals surface area contributed by atoms with Crippen molar-refractivity contribution in [2.24, 2.45) is 0 Å². The predicted molar refractivity (Wildman–Crippen MR) is 164 cm³/mol. The van der Waals surface area contributed by atoms with E-state index in [9.17, 15) is 13.2 Å². The molecule has 0 saturated heterocycles. The van der Waals surface area contributed by atoms with Crippen molar-refractivity contribution in [2.45, 2.75) is 19.9 Å². The van der Waals surface area contributed by atoms with Gasteiger partial charge < -0.3 is 14.0 Å². The van der Waals surface area contributed by atoms with Crippen LogP contribution < -0.4 is 0 Å². The Bertz CT molecular complexity index is 2160. The van der Waals surface area contributed by atoms with Crippen LogP contribution in [0.2, 0.25) is 0 Å². The van der Waals surface area contributed by atoms with E-state index >= 15 is 0 Å². The third-order valence-corrected chi connectivity index (χ3v) is 6.47. The molecule has 1 radical (unpaired) electrons. The van der Waals surface area contributed by atoms with Gasteiger partial charge >= 0.3 is 12.1 Å². The van der Waals surface area contributed by atoms with E-state index in [-0.39, 0.29) is 42.6 Å². The topological polar surface area (TPSA) is 56.7 Å². The van der Waals surface area contributed by atoms with E-state index in [0.717, 1.165) is 11.1 Å². The Morgan fingerprint density at radius 3 is 2.22 bits per heavy atom. The zero-order valence-corrected chi connectivity index (χ0v) is 25.5. The molecule has 0 fully saturated rings. The van der Waals surface area contributed by atoms with Gasteiger partial charge in [-0.15, -0.1) is 71.3 Å². The van der Waals surface area contributed by atoms with Gasteiger partial charge in [0.1, 0.15) is 0 Å². The number of rotatable bonds is 4. The fourth-order valence-electron chi connectivity index (χ4n) is 4.44. The molecule has 7 rings (SSSR count). The summed E-state index contributed by atoms with van der Waals surface area (Å²) in [6, 6.07) is 37.7. The summed E-state index contributed by atoms with van der Waals surface area (Å²) in [7, 11) is 0. The molecule has 0 aliphatic heterocycles. The molecule has 0 unspecified atom stereocenters. The molecule has 3 aromatic heterocycles. The van der Waals surface area contributed by atoms with Crippen LogP contribution in [0.1, 0.15) is 25.2 Å². The van der Waals surface area contributed by atoms with Crippen LogP contribution in [0.25, 0.3) is 50.8 Å². The van der Waals surface area contributed by atoms with Crippen LogP contribution in [0, 0.1) is 25.8 Å². The number of hydrogen-bond acceptors (Lipinski definition) is 4. The third-order valence-electron chi connectivity index (χ3n) is 6.47. The Kier molecular flexibility index (Phi) is 7.30. The van der Waals surface area contributed by atoms with E-state index in [1.54, 1.807) is 36.4 Å². The molecule has 0 atom stereocenters. The Labute approximate surface area is 280 Å². The normalized spacial score (nSPS) is 13.6. The summed E-state index contributed by atoms with van der Waals surface area (Å²) in [6.45, 7) is -4.34. The zero-order valence-electron chi connectivity index (χ0n) is 29.1. The molecule has 0 bridgehead atoms. The van der Waals surface area contributed by atoms with Crippen molar-refractivity contribution in [3.8, 4) is 39.5 Å². The summed E-state index contributed by atoms with van der Waals surface area (Å²) >= 11 is 0. The molecule has 227 valence electrons. The smallest absolute Gasteiger partial charge is 0.414 e. The first kappa shape index (κ1) is 24.5. The van der Waals surface area contributed by atoms with Crippen LogP contribution >= 0.6 is 0 Å². The van der Waals surface area contributed by atoms with Gasteiger partial charge in [0.15, 0.2) is 0 Å². The first-order chi connectivity index (χ1) is 23.7. The molecule has 0 spiro atoms. The molecular formula is C36H25F3IrN4O-2. The van der Waals surface area contributed by atoms with Gasteiger partial charge in [-0.3, -0.25) is 4.98 Å². The average Bonchev–Trinajstić information content (AvgIpc) is 3.68. The van der Waals surface area contributed by atoms with Crippen molar-refractivity contribution in [3.63, 3.8) is 0 Å². The maximum Gasteiger partial charge on any atom is 0.469 e. The van der Waals surface area contributed by atoms with E-state index in [4.69, 9.17) is 12.6 Å². The second-order valence-electron chi connectivity index (χ2n) is 9.53. The van der Waals surface area contributed by atoms with Gasteiger partial charge in [0.25, 0.3) is 0 Å². The Morgan fingerprint density at radius 2 is 1.56 bits per heavy atom. The number of aryl methyl sites for hydroxylation is 2. The summed E-state index contributed by atoms with van der Waals surface area (Å²) in [4.78, 5) is 12.0. The number of nitrogens with zero attached hydrogens (tertiary/aromatic N) is 4. The van der Waals surface area contributed by atoms with E-state index in [1.807, 2.05) is 54.6 Å². The summed E-state index contributed by atoms with van der Waals surface area (Å²) in [5.41, 5.74) is 4.48. The quantitative estimate of drug-likeness (QED) is 0.167. The van der Waals surface area contributed by atoms with Crippen LogP contribution in [0.3, 0.4) is 0 Å².